The van der Waals surface area contributed by atoms with Gasteiger partial charge in [0.25, 0.3) is 0 Å². The van der Waals surface area contributed by atoms with Crippen LogP contribution in [0.15, 0.2) is 42.5 Å². The molecule has 26 heavy (non-hydrogen) atoms. The van der Waals surface area contributed by atoms with Crippen LogP contribution >= 0.6 is 0 Å². The van der Waals surface area contributed by atoms with Gasteiger partial charge in [0, 0.05) is 7.11 Å². The van der Waals surface area contributed by atoms with Crippen molar-refractivity contribution < 1.29 is 23.4 Å². The number of esters is 1. The molecule has 0 heterocycles. The summed E-state index contributed by atoms with van der Waals surface area (Å²) in [6, 6.07) is 11.4. The predicted molar refractivity (Wildman–Crippen MR) is 99.7 cm³/mol. The Labute approximate surface area is 153 Å². The van der Waals surface area contributed by atoms with Gasteiger partial charge in [0.2, 0.25) is 0 Å². The zero-order valence-corrected chi connectivity index (χ0v) is 15.2. The molecule has 0 saturated heterocycles. The minimum atomic E-state index is -0.438. The van der Waals surface area contributed by atoms with Gasteiger partial charge in [0.1, 0.15) is 17.7 Å². The predicted octanol–water partition coefficient (Wildman–Crippen LogP) is 4.59. The number of rotatable bonds is 8. The molecule has 1 unspecified atom stereocenters. The summed E-state index contributed by atoms with van der Waals surface area (Å²) in [6.07, 6.45) is 4.34. The molecule has 0 fully saturated rings. The molecule has 0 amide bonds. The highest BCUT2D eigenvalue weighted by Crippen LogP contribution is 2.22. The summed E-state index contributed by atoms with van der Waals surface area (Å²) in [5, 5.41) is 0. The summed E-state index contributed by atoms with van der Waals surface area (Å²) in [4.78, 5) is 11.9. The van der Waals surface area contributed by atoms with E-state index in [2.05, 4.69) is 0 Å². The lowest BCUT2D eigenvalue weighted by atomic mass is 10.1. The third-order valence-corrected chi connectivity index (χ3v) is 3.80. The molecular weight excluding hydrogens is 335 g/mol. The minimum Gasteiger partial charge on any atom is -0.488 e. The number of ether oxygens (including phenoxy) is 3. The summed E-state index contributed by atoms with van der Waals surface area (Å²) in [7, 11) is 2.96. The largest absolute Gasteiger partial charge is 0.488 e. The second-order valence-corrected chi connectivity index (χ2v) is 5.77. The highest BCUT2D eigenvalue weighted by atomic mass is 19.1. The zero-order chi connectivity index (χ0) is 18.9. The van der Waals surface area contributed by atoms with Gasteiger partial charge < -0.3 is 14.2 Å². The van der Waals surface area contributed by atoms with Crippen molar-refractivity contribution in [2.24, 2.45) is 0 Å². The molecule has 138 valence electrons. The van der Waals surface area contributed by atoms with Crippen LogP contribution in [-0.2, 0) is 9.47 Å². The average molecular weight is 358 g/mol. The molecule has 0 saturated carbocycles. The van der Waals surface area contributed by atoms with Gasteiger partial charge >= 0.3 is 5.97 Å². The second-order valence-electron chi connectivity index (χ2n) is 5.77. The van der Waals surface area contributed by atoms with Gasteiger partial charge in [0.15, 0.2) is 0 Å². The smallest absolute Gasteiger partial charge is 0.338 e. The molecule has 0 bridgehead atoms. The van der Waals surface area contributed by atoms with Crippen molar-refractivity contribution in [3.8, 4) is 5.75 Å². The summed E-state index contributed by atoms with van der Waals surface area (Å²) >= 11 is 0. The maximum Gasteiger partial charge on any atom is 0.338 e. The fourth-order valence-electron chi connectivity index (χ4n) is 2.40. The van der Waals surface area contributed by atoms with E-state index >= 15 is 0 Å². The van der Waals surface area contributed by atoms with E-state index in [0.29, 0.717) is 17.9 Å². The monoisotopic (exact) mass is 358 g/mol. The van der Waals surface area contributed by atoms with Gasteiger partial charge in [-0.1, -0.05) is 31.2 Å². The molecule has 0 aliphatic heterocycles. The van der Waals surface area contributed by atoms with Crippen molar-refractivity contribution >= 4 is 18.1 Å². The third-order valence-electron chi connectivity index (χ3n) is 3.80. The Bertz CT molecular complexity index is 753. The van der Waals surface area contributed by atoms with Gasteiger partial charge in [0.05, 0.1) is 19.3 Å². The number of halogens is 1. The number of carbonyl (C=O) groups is 1. The van der Waals surface area contributed by atoms with E-state index in [1.165, 1.54) is 19.2 Å². The first-order valence-corrected chi connectivity index (χ1v) is 8.38. The van der Waals surface area contributed by atoms with Crippen molar-refractivity contribution in [3.63, 3.8) is 0 Å². The highest BCUT2D eigenvalue weighted by Gasteiger charge is 2.12. The third kappa shape index (κ3) is 5.70. The van der Waals surface area contributed by atoms with Crippen molar-refractivity contribution in [1.29, 1.82) is 0 Å². The molecule has 2 aromatic carbocycles. The van der Waals surface area contributed by atoms with E-state index in [1.54, 1.807) is 31.4 Å². The Morgan fingerprint density at radius 2 is 1.77 bits per heavy atom. The van der Waals surface area contributed by atoms with Gasteiger partial charge in [-0.2, -0.15) is 0 Å². The van der Waals surface area contributed by atoms with E-state index in [1.807, 2.05) is 25.1 Å². The quantitative estimate of drug-likeness (QED) is 0.511. The van der Waals surface area contributed by atoms with Crippen LogP contribution in [0.2, 0.25) is 0 Å². The molecule has 0 spiro atoms. The van der Waals surface area contributed by atoms with Gasteiger partial charge in [-0.15, -0.1) is 0 Å². The molecule has 0 aliphatic rings. The Hall–Kier alpha value is -2.66. The lowest BCUT2D eigenvalue weighted by Crippen LogP contribution is -2.21. The number of hydrogen-bond donors (Lipinski definition) is 0. The maximum absolute atomic E-state index is 13.0. The average Bonchev–Trinajstić information content (AvgIpc) is 2.66. The van der Waals surface area contributed by atoms with Crippen molar-refractivity contribution in [3.05, 3.63) is 65.0 Å². The summed E-state index contributed by atoms with van der Waals surface area (Å²) < 4.78 is 28.9. The van der Waals surface area contributed by atoms with Crippen LogP contribution < -0.4 is 4.74 Å². The summed E-state index contributed by atoms with van der Waals surface area (Å²) in [6.45, 7) is 2.46. The Balaban J connectivity index is 2.30. The van der Waals surface area contributed by atoms with Crippen LogP contribution in [0.1, 0.15) is 34.8 Å². The lowest BCUT2D eigenvalue weighted by molar-refractivity contribution is 0.0597. The molecule has 5 heteroatoms. The first kappa shape index (κ1) is 19.7. The number of benzene rings is 2. The van der Waals surface area contributed by atoms with Gasteiger partial charge in [-0.3, -0.25) is 0 Å². The molecule has 0 aromatic heterocycles. The van der Waals surface area contributed by atoms with Gasteiger partial charge in [-0.25, -0.2) is 9.18 Å². The summed E-state index contributed by atoms with van der Waals surface area (Å²) in [5.74, 6) is -0.156. The number of methoxy groups -OCH3 is 2. The number of hydrogen-bond acceptors (Lipinski definition) is 4. The van der Waals surface area contributed by atoms with Crippen LogP contribution in [0, 0.1) is 5.82 Å². The van der Waals surface area contributed by atoms with E-state index < -0.39 is 5.97 Å². The molecule has 2 aromatic rings. The van der Waals surface area contributed by atoms with E-state index in [0.717, 1.165) is 17.5 Å². The van der Waals surface area contributed by atoms with Gasteiger partial charge in [-0.05, 0) is 47.9 Å². The normalized spacial score (nSPS) is 12.2. The van der Waals surface area contributed by atoms with Crippen LogP contribution in [0.4, 0.5) is 4.39 Å². The van der Waals surface area contributed by atoms with E-state index in [4.69, 9.17) is 14.2 Å². The highest BCUT2D eigenvalue weighted by molar-refractivity contribution is 5.91. The van der Waals surface area contributed by atoms with E-state index in [-0.39, 0.29) is 11.9 Å². The molecule has 1 atom stereocenters. The fourth-order valence-corrected chi connectivity index (χ4v) is 2.40. The minimum absolute atomic E-state index is 0.109. The summed E-state index contributed by atoms with van der Waals surface area (Å²) in [5.41, 5.74) is 2.03. The molecule has 4 nitrogen and oxygen atoms in total. The molecule has 0 N–H and O–H groups in total. The van der Waals surface area contributed by atoms with Crippen LogP contribution in [0.3, 0.4) is 0 Å². The number of carbonyl (C=O) groups excluding carboxylic acids is 1. The first-order valence-electron chi connectivity index (χ1n) is 8.38. The molecule has 0 aliphatic carbocycles. The Kier molecular flexibility index (Phi) is 7.36. The molecule has 2 rings (SSSR count). The first-order chi connectivity index (χ1) is 12.5. The second kappa shape index (κ2) is 9.73. The zero-order valence-electron chi connectivity index (χ0n) is 15.2. The van der Waals surface area contributed by atoms with Crippen molar-refractivity contribution in [1.82, 2.24) is 0 Å². The standard InChI is InChI=1S/C21H23FO4/c1-4-19(14-24-2)26-20-12-16(11-17(13-20)21(23)25-3)6-5-15-7-9-18(22)10-8-15/h5-13,19H,4,14H2,1-3H3. The Morgan fingerprint density at radius 3 is 2.38 bits per heavy atom. The topological polar surface area (TPSA) is 44.8 Å². The Morgan fingerprint density at radius 1 is 1.08 bits per heavy atom. The van der Waals surface area contributed by atoms with Crippen LogP contribution in [-0.4, -0.2) is 32.9 Å². The van der Waals surface area contributed by atoms with E-state index in [9.17, 15) is 9.18 Å². The van der Waals surface area contributed by atoms with Crippen LogP contribution in [0.5, 0.6) is 5.75 Å². The maximum atomic E-state index is 13.0. The lowest BCUT2D eigenvalue weighted by Gasteiger charge is -2.17. The van der Waals surface area contributed by atoms with Crippen LogP contribution in [0.25, 0.3) is 12.2 Å². The molecule has 0 radical (unpaired) electrons. The van der Waals surface area contributed by atoms with Crippen molar-refractivity contribution in [2.75, 3.05) is 20.8 Å². The molecular formula is C21H23FO4. The van der Waals surface area contributed by atoms with Crippen molar-refractivity contribution in [2.45, 2.75) is 19.4 Å². The SMILES string of the molecule is CCC(COC)Oc1cc(C=Cc2ccc(F)cc2)cc(C(=O)OC)c1. The fraction of sp³-hybridized carbons (Fsp3) is 0.286.